The molecule has 1 fully saturated rings. The molecule has 0 radical (unpaired) electrons. The van der Waals surface area contributed by atoms with Crippen molar-refractivity contribution in [3.05, 3.63) is 35.2 Å². The highest BCUT2D eigenvalue weighted by Crippen LogP contribution is 2.24. The van der Waals surface area contributed by atoms with Crippen molar-refractivity contribution in [2.24, 2.45) is 7.05 Å². The standard InChI is InChI=1S/C17H24N6O3S/c1-12-10-19-15(11-18-12)17(24)22-6-5-7-23(9-8-22)27(25,26)16-13(2)20-21(4)14(16)3/h10-11H,5-9H2,1-4H3. The van der Waals surface area contributed by atoms with Crippen molar-refractivity contribution in [1.29, 1.82) is 0 Å². The number of hydrogen-bond acceptors (Lipinski definition) is 6. The summed E-state index contributed by atoms with van der Waals surface area (Å²) in [7, 11) is -1.93. The van der Waals surface area contributed by atoms with Gasteiger partial charge in [-0.1, -0.05) is 0 Å². The number of hydrogen-bond donors (Lipinski definition) is 0. The summed E-state index contributed by atoms with van der Waals surface area (Å²) in [5.41, 5.74) is 2.11. The van der Waals surface area contributed by atoms with Crippen LogP contribution in [0.15, 0.2) is 17.3 Å². The lowest BCUT2D eigenvalue weighted by Gasteiger charge is -2.21. The molecule has 1 amide bonds. The van der Waals surface area contributed by atoms with Crippen LogP contribution in [0.5, 0.6) is 0 Å². The SMILES string of the molecule is Cc1cnc(C(=O)N2CCCN(S(=O)(=O)c3c(C)nn(C)c3C)CC2)cn1. The first kappa shape index (κ1) is 19.4. The molecule has 1 aliphatic rings. The van der Waals surface area contributed by atoms with Gasteiger partial charge in [-0.05, 0) is 27.2 Å². The number of nitrogens with zero attached hydrogens (tertiary/aromatic N) is 6. The maximum absolute atomic E-state index is 13.1. The zero-order valence-electron chi connectivity index (χ0n) is 16.0. The molecule has 10 heteroatoms. The fourth-order valence-corrected chi connectivity index (χ4v) is 5.13. The second-order valence-corrected chi connectivity index (χ2v) is 8.59. The molecule has 2 aromatic rings. The second kappa shape index (κ2) is 7.35. The van der Waals surface area contributed by atoms with Crippen molar-refractivity contribution in [2.75, 3.05) is 26.2 Å². The Morgan fingerprint density at radius 3 is 2.37 bits per heavy atom. The van der Waals surface area contributed by atoms with Gasteiger partial charge in [-0.3, -0.25) is 14.5 Å². The minimum atomic E-state index is -3.66. The van der Waals surface area contributed by atoms with Crippen LogP contribution in [-0.2, 0) is 17.1 Å². The third kappa shape index (κ3) is 3.72. The van der Waals surface area contributed by atoms with E-state index in [-0.39, 0.29) is 23.0 Å². The lowest BCUT2D eigenvalue weighted by molar-refractivity contribution is 0.0758. The highest BCUT2D eigenvalue weighted by atomic mass is 32.2. The molecule has 27 heavy (non-hydrogen) atoms. The summed E-state index contributed by atoms with van der Waals surface area (Å²) in [6.45, 7) is 6.64. The molecule has 0 unspecified atom stereocenters. The van der Waals surface area contributed by atoms with Gasteiger partial charge >= 0.3 is 0 Å². The van der Waals surface area contributed by atoms with Crippen LogP contribution in [0.1, 0.15) is 34.0 Å². The van der Waals surface area contributed by atoms with Gasteiger partial charge in [0.15, 0.2) is 0 Å². The minimum absolute atomic E-state index is 0.226. The Balaban J connectivity index is 1.78. The Morgan fingerprint density at radius 1 is 1.04 bits per heavy atom. The Kier molecular flexibility index (Phi) is 5.29. The average Bonchev–Trinajstić information content (AvgIpc) is 2.81. The van der Waals surface area contributed by atoms with Gasteiger partial charge in [0.25, 0.3) is 5.91 Å². The number of sulfonamides is 1. The molecular weight excluding hydrogens is 368 g/mol. The van der Waals surface area contributed by atoms with E-state index < -0.39 is 10.0 Å². The molecule has 0 N–H and O–H groups in total. The normalized spacial score (nSPS) is 16.4. The summed E-state index contributed by atoms with van der Waals surface area (Å²) in [5.74, 6) is -0.226. The van der Waals surface area contributed by atoms with Gasteiger partial charge < -0.3 is 4.90 Å². The number of aromatic nitrogens is 4. The zero-order chi connectivity index (χ0) is 19.8. The summed E-state index contributed by atoms with van der Waals surface area (Å²) in [6, 6.07) is 0. The highest BCUT2D eigenvalue weighted by Gasteiger charge is 2.32. The fraction of sp³-hybridized carbons (Fsp3) is 0.529. The van der Waals surface area contributed by atoms with Gasteiger partial charge in [0.2, 0.25) is 10.0 Å². The predicted molar refractivity (Wildman–Crippen MR) is 98.7 cm³/mol. The monoisotopic (exact) mass is 392 g/mol. The smallest absolute Gasteiger partial charge is 0.274 e. The Labute approximate surface area is 159 Å². The summed E-state index contributed by atoms with van der Waals surface area (Å²) in [5, 5.41) is 4.22. The van der Waals surface area contributed by atoms with Gasteiger partial charge in [-0.2, -0.15) is 9.40 Å². The molecule has 0 bridgehead atoms. The first-order chi connectivity index (χ1) is 12.7. The Morgan fingerprint density at radius 2 is 1.78 bits per heavy atom. The van der Waals surface area contributed by atoms with Crippen molar-refractivity contribution in [1.82, 2.24) is 29.0 Å². The minimum Gasteiger partial charge on any atom is -0.336 e. The first-order valence-electron chi connectivity index (χ1n) is 8.80. The molecule has 3 heterocycles. The number of carbonyl (C=O) groups is 1. The molecule has 1 saturated heterocycles. The van der Waals surface area contributed by atoms with Crippen molar-refractivity contribution in [2.45, 2.75) is 32.1 Å². The zero-order valence-corrected chi connectivity index (χ0v) is 16.8. The first-order valence-corrected chi connectivity index (χ1v) is 10.2. The number of amides is 1. The maximum atomic E-state index is 13.1. The van der Waals surface area contributed by atoms with Gasteiger partial charge in [0, 0.05) is 39.4 Å². The Hall–Kier alpha value is -2.33. The number of aryl methyl sites for hydroxylation is 3. The molecule has 9 nitrogen and oxygen atoms in total. The molecule has 0 saturated carbocycles. The van der Waals surface area contributed by atoms with Gasteiger partial charge in [0.1, 0.15) is 10.6 Å². The van der Waals surface area contributed by atoms with E-state index in [9.17, 15) is 13.2 Å². The van der Waals surface area contributed by atoms with Crippen molar-refractivity contribution >= 4 is 15.9 Å². The predicted octanol–water partition coefficient (Wildman–Crippen LogP) is 0.672. The molecule has 0 aliphatic carbocycles. The molecule has 0 atom stereocenters. The van der Waals surface area contributed by atoms with E-state index >= 15 is 0 Å². The Bertz CT molecular complexity index is 952. The fourth-order valence-electron chi connectivity index (χ4n) is 3.26. The van der Waals surface area contributed by atoms with Gasteiger partial charge in [-0.25, -0.2) is 13.4 Å². The second-order valence-electron chi connectivity index (χ2n) is 6.72. The van der Waals surface area contributed by atoms with Crippen LogP contribution < -0.4 is 0 Å². The van der Waals surface area contributed by atoms with Crippen molar-refractivity contribution in [3.8, 4) is 0 Å². The molecule has 3 rings (SSSR count). The van der Waals surface area contributed by atoms with E-state index in [1.807, 2.05) is 0 Å². The lowest BCUT2D eigenvalue weighted by Crippen LogP contribution is -2.38. The summed E-state index contributed by atoms with van der Waals surface area (Å²) < 4.78 is 29.3. The van der Waals surface area contributed by atoms with Crippen molar-refractivity contribution < 1.29 is 13.2 Å². The van der Waals surface area contributed by atoms with Crippen LogP contribution >= 0.6 is 0 Å². The van der Waals surface area contributed by atoms with E-state index in [2.05, 4.69) is 15.1 Å². The van der Waals surface area contributed by atoms with Crippen LogP contribution in [0.25, 0.3) is 0 Å². The third-order valence-electron chi connectivity index (χ3n) is 4.78. The van der Waals surface area contributed by atoms with Crippen LogP contribution in [0.2, 0.25) is 0 Å². The molecular formula is C17H24N6O3S. The summed E-state index contributed by atoms with van der Waals surface area (Å²) in [4.78, 5) is 22.8. The van der Waals surface area contributed by atoms with Crippen LogP contribution in [-0.4, -0.2) is 69.5 Å². The largest absolute Gasteiger partial charge is 0.336 e. The van der Waals surface area contributed by atoms with E-state index in [1.165, 1.54) is 10.5 Å². The molecule has 146 valence electrons. The quantitative estimate of drug-likeness (QED) is 0.761. The van der Waals surface area contributed by atoms with Gasteiger partial charge in [-0.15, -0.1) is 0 Å². The van der Waals surface area contributed by atoms with Crippen LogP contribution in [0, 0.1) is 20.8 Å². The summed E-state index contributed by atoms with van der Waals surface area (Å²) in [6.07, 6.45) is 3.57. The number of rotatable bonds is 3. The maximum Gasteiger partial charge on any atom is 0.274 e. The topological polar surface area (TPSA) is 101 Å². The van der Waals surface area contributed by atoms with Gasteiger partial charge in [0.05, 0.1) is 23.3 Å². The molecule has 0 spiro atoms. The van der Waals surface area contributed by atoms with E-state index in [1.54, 1.807) is 43.6 Å². The lowest BCUT2D eigenvalue weighted by atomic mass is 10.3. The van der Waals surface area contributed by atoms with E-state index in [4.69, 9.17) is 0 Å². The molecule has 1 aliphatic heterocycles. The molecule has 2 aromatic heterocycles. The van der Waals surface area contributed by atoms with Crippen LogP contribution in [0.4, 0.5) is 0 Å². The van der Waals surface area contributed by atoms with Crippen molar-refractivity contribution in [3.63, 3.8) is 0 Å². The third-order valence-corrected chi connectivity index (χ3v) is 6.93. The highest BCUT2D eigenvalue weighted by molar-refractivity contribution is 7.89. The number of carbonyl (C=O) groups excluding carboxylic acids is 1. The van der Waals surface area contributed by atoms with Crippen LogP contribution in [0.3, 0.4) is 0 Å². The average molecular weight is 392 g/mol. The molecule has 0 aromatic carbocycles. The van der Waals surface area contributed by atoms with E-state index in [0.717, 1.165) is 5.69 Å². The summed E-state index contributed by atoms with van der Waals surface area (Å²) >= 11 is 0. The van der Waals surface area contributed by atoms with E-state index in [0.29, 0.717) is 37.4 Å².